The average Bonchev–Trinajstić information content (AvgIpc) is 3.26. The Labute approximate surface area is 245 Å². The van der Waals surface area contributed by atoms with E-state index in [0.29, 0.717) is 36.4 Å². The number of thiophene rings is 1. The van der Waals surface area contributed by atoms with Gasteiger partial charge in [-0.25, -0.2) is 13.2 Å². The van der Waals surface area contributed by atoms with E-state index in [1.54, 1.807) is 13.8 Å². The Bertz CT molecular complexity index is 1430. The molecule has 224 valence electrons. The van der Waals surface area contributed by atoms with Gasteiger partial charge in [-0.1, -0.05) is 0 Å². The molecule has 0 aliphatic carbocycles. The van der Waals surface area contributed by atoms with E-state index in [9.17, 15) is 22.8 Å². The maximum Gasteiger partial charge on any atom is 0.341 e. The standard InChI is InChI=1S/C29H39N3O7S2/c1-7-38-26(34)19-10-9-15-32(17-19)41(36,37)20-13-11-18(12-14-20)24(33)30-25-22(27(35)39-8-2)21-16-28(3,4)31-29(5,6)23(21)40-25/h11-14,19,31H,7-10,15-17H2,1-6H3,(H,30,33). The lowest BCUT2D eigenvalue weighted by Crippen LogP contribution is -2.55. The van der Waals surface area contributed by atoms with Crippen molar-refractivity contribution in [3.63, 3.8) is 0 Å². The number of hydrogen-bond acceptors (Lipinski definition) is 9. The predicted octanol–water partition coefficient (Wildman–Crippen LogP) is 4.30. The Morgan fingerprint density at radius 1 is 1.07 bits per heavy atom. The van der Waals surface area contributed by atoms with Gasteiger partial charge in [-0.2, -0.15) is 4.31 Å². The zero-order valence-corrected chi connectivity index (χ0v) is 26.1. The molecule has 1 aromatic heterocycles. The molecule has 0 bridgehead atoms. The highest BCUT2D eigenvalue weighted by atomic mass is 32.2. The van der Waals surface area contributed by atoms with Crippen molar-refractivity contribution < 1.29 is 32.3 Å². The molecule has 2 aromatic rings. The van der Waals surface area contributed by atoms with Crippen molar-refractivity contribution in [1.29, 1.82) is 0 Å². The lowest BCUT2D eigenvalue weighted by Gasteiger charge is -2.42. The lowest BCUT2D eigenvalue weighted by molar-refractivity contribution is -0.149. The van der Waals surface area contributed by atoms with Crippen LogP contribution < -0.4 is 10.6 Å². The summed E-state index contributed by atoms with van der Waals surface area (Å²) >= 11 is 1.34. The summed E-state index contributed by atoms with van der Waals surface area (Å²) in [5.41, 5.74) is 0.769. The molecule has 2 aliphatic heterocycles. The molecule has 41 heavy (non-hydrogen) atoms. The van der Waals surface area contributed by atoms with Gasteiger partial charge in [0.1, 0.15) is 5.00 Å². The summed E-state index contributed by atoms with van der Waals surface area (Å²) in [4.78, 5) is 39.5. The van der Waals surface area contributed by atoms with Crippen LogP contribution in [-0.4, -0.2) is 62.4 Å². The number of ether oxygens (including phenoxy) is 2. The number of amides is 1. The summed E-state index contributed by atoms with van der Waals surface area (Å²) in [7, 11) is -3.87. The van der Waals surface area contributed by atoms with Crippen LogP contribution >= 0.6 is 11.3 Å². The van der Waals surface area contributed by atoms with E-state index in [0.717, 1.165) is 10.4 Å². The molecule has 1 saturated heterocycles. The first-order valence-electron chi connectivity index (χ1n) is 13.9. The monoisotopic (exact) mass is 605 g/mol. The lowest BCUT2D eigenvalue weighted by atomic mass is 9.81. The number of piperidine rings is 1. The van der Waals surface area contributed by atoms with Gasteiger partial charge in [0.25, 0.3) is 5.91 Å². The molecule has 1 amide bonds. The minimum absolute atomic E-state index is 0.0346. The topological polar surface area (TPSA) is 131 Å². The molecule has 1 unspecified atom stereocenters. The van der Waals surface area contributed by atoms with Gasteiger partial charge in [0, 0.05) is 34.6 Å². The van der Waals surface area contributed by atoms with Gasteiger partial charge >= 0.3 is 11.9 Å². The second kappa shape index (κ2) is 11.8. The molecular formula is C29H39N3O7S2. The minimum Gasteiger partial charge on any atom is -0.466 e. The van der Waals surface area contributed by atoms with E-state index in [2.05, 4.69) is 24.5 Å². The molecule has 10 nitrogen and oxygen atoms in total. The summed E-state index contributed by atoms with van der Waals surface area (Å²) in [5, 5.41) is 6.89. The van der Waals surface area contributed by atoms with Crippen molar-refractivity contribution in [1.82, 2.24) is 9.62 Å². The molecule has 2 aliphatic rings. The minimum atomic E-state index is -3.87. The van der Waals surface area contributed by atoms with E-state index >= 15 is 0 Å². The Hall–Kier alpha value is -2.80. The van der Waals surface area contributed by atoms with Crippen molar-refractivity contribution in [2.45, 2.75) is 76.8 Å². The zero-order valence-electron chi connectivity index (χ0n) is 24.5. The molecule has 1 aromatic carbocycles. The number of fused-ring (bicyclic) bond motifs is 1. The number of esters is 2. The number of nitrogens with zero attached hydrogens (tertiary/aromatic N) is 1. The van der Waals surface area contributed by atoms with Gasteiger partial charge in [-0.15, -0.1) is 11.3 Å². The molecule has 2 N–H and O–H groups in total. The summed E-state index contributed by atoms with van der Waals surface area (Å²) in [5.74, 6) is -1.85. The van der Waals surface area contributed by atoms with Crippen LogP contribution in [0.15, 0.2) is 29.2 Å². The Balaban J connectivity index is 1.57. The molecule has 12 heteroatoms. The van der Waals surface area contributed by atoms with E-state index in [-0.39, 0.29) is 41.7 Å². The molecule has 0 saturated carbocycles. The van der Waals surface area contributed by atoms with E-state index in [1.807, 2.05) is 13.8 Å². The fourth-order valence-corrected chi connectivity index (χ4v) is 8.53. The summed E-state index contributed by atoms with van der Waals surface area (Å²) in [6, 6.07) is 5.67. The predicted molar refractivity (Wildman–Crippen MR) is 157 cm³/mol. The fraction of sp³-hybridized carbons (Fsp3) is 0.552. The highest BCUT2D eigenvalue weighted by molar-refractivity contribution is 7.89. The number of carbonyl (C=O) groups excluding carboxylic acids is 3. The molecule has 1 atom stereocenters. The second-order valence-electron chi connectivity index (χ2n) is 11.6. The van der Waals surface area contributed by atoms with Crippen LogP contribution in [0.25, 0.3) is 0 Å². The smallest absolute Gasteiger partial charge is 0.341 e. The van der Waals surface area contributed by atoms with Crippen molar-refractivity contribution in [2.75, 3.05) is 31.6 Å². The van der Waals surface area contributed by atoms with E-state index < -0.39 is 33.4 Å². The first-order chi connectivity index (χ1) is 19.2. The molecule has 0 spiro atoms. The molecular weight excluding hydrogens is 566 g/mol. The first-order valence-corrected chi connectivity index (χ1v) is 16.2. The van der Waals surface area contributed by atoms with Crippen LogP contribution in [0.5, 0.6) is 0 Å². The summed E-state index contributed by atoms with van der Waals surface area (Å²) in [6.45, 7) is 12.5. The van der Waals surface area contributed by atoms with Gasteiger partial charge in [0.05, 0.1) is 29.6 Å². The van der Waals surface area contributed by atoms with E-state index in [1.165, 1.54) is 39.9 Å². The Kier molecular flexibility index (Phi) is 8.98. The summed E-state index contributed by atoms with van der Waals surface area (Å²) in [6.07, 6.45) is 1.72. The van der Waals surface area contributed by atoms with Crippen molar-refractivity contribution in [3.05, 3.63) is 45.8 Å². The zero-order chi connectivity index (χ0) is 30.2. The molecule has 4 rings (SSSR count). The molecule has 1 fully saturated rings. The second-order valence-corrected chi connectivity index (χ2v) is 14.5. The van der Waals surface area contributed by atoms with Crippen molar-refractivity contribution in [2.24, 2.45) is 5.92 Å². The fourth-order valence-electron chi connectivity index (χ4n) is 5.75. The van der Waals surface area contributed by atoms with Crippen LogP contribution in [0.4, 0.5) is 5.00 Å². The largest absolute Gasteiger partial charge is 0.466 e. The SMILES string of the molecule is CCOC(=O)c1c(NC(=O)c2ccc(S(=O)(=O)N3CCCC(C(=O)OCC)C3)cc2)sc2c1CC(C)(C)NC2(C)C. The molecule has 3 heterocycles. The van der Waals surface area contributed by atoms with Gasteiger partial charge in [0.2, 0.25) is 10.0 Å². The summed E-state index contributed by atoms with van der Waals surface area (Å²) < 4.78 is 38.4. The van der Waals surface area contributed by atoms with Gasteiger partial charge in [-0.3, -0.25) is 9.59 Å². The third-order valence-corrected chi connectivity index (χ3v) is 10.7. The normalized spacial score (nSPS) is 20.1. The third kappa shape index (κ3) is 6.50. The number of benzene rings is 1. The van der Waals surface area contributed by atoms with Crippen LogP contribution in [0.3, 0.4) is 0 Å². The van der Waals surface area contributed by atoms with Crippen LogP contribution in [0.1, 0.15) is 85.5 Å². The quantitative estimate of drug-likeness (QED) is 0.426. The Morgan fingerprint density at radius 3 is 2.37 bits per heavy atom. The number of rotatable bonds is 8. The first kappa shape index (κ1) is 31.1. The average molecular weight is 606 g/mol. The number of hydrogen-bond donors (Lipinski definition) is 2. The van der Waals surface area contributed by atoms with Crippen LogP contribution in [0, 0.1) is 5.92 Å². The maximum absolute atomic E-state index is 13.3. The molecule has 0 radical (unpaired) electrons. The highest BCUT2D eigenvalue weighted by Crippen LogP contribution is 2.45. The van der Waals surface area contributed by atoms with Crippen LogP contribution in [0.2, 0.25) is 0 Å². The highest BCUT2D eigenvalue weighted by Gasteiger charge is 2.42. The van der Waals surface area contributed by atoms with Crippen molar-refractivity contribution >= 4 is 44.2 Å². The number of carbonyl (C=O) groups is 3. The maximum atomic E-state index is 13.3. The van der Waals surface area contributed by atoms with Gasteiger partial charge < -0.3 is 20.1 Å². The van der Waals surface area contributed by atoms with Gasteiger partial charge in [0.15, 0.2) is 0 Å². The van der Waals surface area contributed by atoms with Gasteiger partial charge in [-0.05, 0) is 90.6 Å². The number of nitrogens with one attached hydrogen (secondary N) is 2. The van der Waals surface area contributed by atoms with Crippen molar-refractivity contribution in [3.8, 4) is 0 Å². The van der Waals surface area contributed by atoms with E-state index in [4.69, 9.17) is 9.47 Å². The number of anilines is 1. The third-order valence-electron chi connectivity index (χ3n) is 7.31. The number of sulfonamides is 1. The van der Waals surface area contributed by atoms with Crippen LogP contribution in [-0.2, 0) is 36.3 Å². The Morgan fingerprint density at radius 2 is 1.73 bits per heavy atom.